The second-order valence-electron chi connectivity index (χ2n) is 3.64. The molecular weight excluding hydrogens is 204 g/mol. The van der Waals surface area contributed by atoms with Crippen molar-refractivity contribution >= 4 is 18.3 Å². The average molecular weight is 218 g/mol. The number of hydrogen-bond donors (Lipinski definition) is 3. The molecule has 0 saturated carbocycles. The van der Waals surface area contributed by atoms with Crippen LogP contribution in [0.3, 0.4) is 0 Å². The molecule has 0 saturated heterocycles. The summed E-state index contributed by atoms with van der Waals surface area (Å²) in [4.78, 5) is 13.6. The van der Waals surface area contributed by atoms with Crippen LogP contribution in [-0.4, -0.2) is 17.2 Å². The van der Waals surface area contributed by atoms with Crippen molar-refractivity contribution < 1.29 is 4.79 Å². The lowest BCUT2D eigenvalue weighted by molar-refractivity contribution is 0.249. The number of aromatic nitrogens is 1. The molecule has 0 bridgehead atoms. The van der Waals surface area contributed by atoms with Crippen molar-refractivity contribution in [2.75, 3.05) is 0 Å². The van der Waals surface area contributed by atoms with Gasteiger partial charge >= 0.3 is 6.03 Å². The Hall–Kier alpha value is -2.04. The van der Waals surface area contributed by atoms with Gasteiger partial charge < -0.3 is 10.7 Å². The van der Waals surface area contributed by atoms with E-state index in [0.29, 0.717) is 6.42 Å². The third-order valence-electron chi connectivity index (χ3n) is 2.51. The fourth-order valence-corrected chi connectivity index (χ4v) is 1.79. The number of aromatic amines is 1. The molecule has 4 N–H and O–H groups in total. The lowest BCUT2D eigenvalue weighted by Crippen LogP contribution is -2.24. The van der Waals surface area contributed by atoms with Crippen molar-refractivity contribution in [3.63, 3.8) is 0 Å². The molecule has 16 heavy (non-hydrogen) atoms. The molecule has 1 aliphatic carbocycles. The molecule has 0 aliphatic heterocycles. The number of primary amides is 1. The minimum Gasteiger partial charge on any atom is -0.364 e. The van der Waals surface area contributed by atoms with E-state index in [9.17, 15) is 4.79 Å². The fraction of sp³-hybridized carbons (Fsp3) is 0.273. The van der Waals surface area contributed by atoms with Crippen molar-refractivity contribution in [3.05, 3.63) is 29.1 Å². The summed E-state index contributed by atoms with van der Waals surface area (Å²) in [5.74, 6) is 0. The van der Waals surface area contributed by atoms with Gasteiger partial charge in [0.1, 0.15) is 0 Å². The number of nitrogens with zero attached hydrogens (tertiary/aromatic N) is 1. The maximum absolute atomic E-state index is 10.4. The third kappa shape index (κ3) is 2.31. The molecule has 0 fully saturated rings. The molecule has 0 aromatic carbocycles. The number of carbonyl (C=O) groups excluding carboxylic acids is 1. The summed E-state index contributed by atoms with van der Waals surface area (Å²) in [5, 5.41) is 3.71. The average Bonchev–Trinajstić information content (AvgIpc) is 2.68. The van der Waals surface area contributed by atoms with E-state index < -0.39 is 6.03 Å². The largest absolute Gasteiger partial charge is 0.364 e. The summed E-state index contributed by atoms with van der Waals surface area (Å²) >= 11 is 0. The van der Waals surface area contributed by atoms with Crippen LogP contribution in [0.15, 0.2) is 17.4 Å². The number of urea groups is 1. The van der Waals surface area contributed by atoms with Gasteiger partial charge in [-0.3, -0.25) is 0 Å². The second kappa shape index (κ2) is 4.65. The lowest BCUT2D eigenvalue weighted by atomic mass is 10.0. The van der Waals surface area contributed by atoms with Gasteiger partial charge in [0, 0.05) is 24.5 Å². The Bertz CT molecular complexity index is 445. The molecule has 84 valence electrons. The zero-order chi connectivity index (χ0) is 11.4. The number of H-pyrrole nitrogens is 1. The Kier molecular flexibility index (Phi) is 3.05. The lowest BCUT2D eigenvalue weighted by Gasteiger charge is -2.05. The Morgan fingerprint density at radius 1 is 1.69 bits per heavy atom. The van der Waals surface area contributed by atoms with Crippen LogP contribution >= 0.6 is 0 Å². The molecule has 1 aromatic rings. The standard InChI is InChI=1S/C11H14N4O/c12-11(16)15-14-6-5-8-7-13-10-4-2-1-3-9(8)10/h1,3,6-7,13H,2,4-5H2,(H3,12,15,16). The van der Waals surface area contributed by atoms with Crippen molar-refractivity contribution in [1.82, 2.24) is 10.4 Å². The molecular formula is C11H14N4O. The van der Waals surface area contributed by atoms with Gasteiger partial charge in [-0.15, -0.1) is 0 Å². The molecule has 0 radical (unpaired) electrons. The monoisotopic (exact) mass is 218 g/mol. The summed E-state index contributed by atoms with van der Waals surface area (Å²) in [7, 11) is 0. The quantitative estimate of drug-likeness (QED) is 0.516. The van der Waals surface area contributed by atoms with E-state index in [-0.39, 0.29) is 0 Å². The molecule has 1 heterocycles. The van der Waals surface area contributed by atoms with Gasteiger partial charge in [0.25, 0.3) is 0 Å². The SMILES string of the molecule is NC(=O)NN=CCc1c[nH]c2c1C=CCC2. The van der Waals surface area contributed by atoms with Gasteiger partial charge in [-0.25, -0.2) is 10.2 Å². The number of carbonyl (C=O) groups is 1. The van der Waals surface area contributed by atoms with E-state index in [1.807, 2.05) is 6.20 Å². The molecule has 0 spiro atoms. The van der Waals surface area contributed by atoms with Gasteiger partial charge in [0.05, 0.1) is 0 Å². The smallest absolute Gasteiger partial charge is 0.332 e. The molecule has 0 atom stereocenters. The van der Waals surface area contributed by atoms with Crippen molar-refractivity contribution in [1.29, 1.82) is 0 Å². The van der Waals surface area contributed by atoms with Crippen LogP contribution in [0.1, 0.15) is 23.2 Å². The summed E-state index contributed by atoms with van der Waals surface area (Å²) in [6.45, 7) is 0. The van der Waals surface area contributed by atoms with Crippen LogP contribution in [0.2, 0.25) is 0 Å². The van der Waals surface area contributed by atoms with Crippen molar-refractivity contribution in [3.8, 4) is 0 Å². The van der Waals surface area contributed by atoms with Crippen molar-refractivity contribution in [2.24, 2.45) is 10.8 Å². The van der Waals surface area contributed by atoms with E-state index in [1.165, 1.54) is 16.8 Å². The van der Waals surface area contributed by atoms with E-state index >= 15 is 0 Å². The molecule has 5 nitrogen and oxygen atoms in total. The van der Waals surface area contributed by atoms with E-state index in [0.717, 1.165) is 12.8 Å². The molecule has 5 heteroatoms. The number of hydrazone groups is 1. The predicted octanol–water partition coefficient (Wildman–Crippen LogP) is 1.17. The summed E-state index contributed by atoms with van der Waals surface area (Å²) in [5.41, 5.74) is 10.8. The van der Waals surface area contributed by atoms with Gasteiger partial charge in [0.2, 0.25) is 0 Å². The number of nitrogens with two attached hydrogens (primary N) is 1. The Labute approximate surface area is 93.4 Å². The van der Waals surface area contributed by atoms with Crippen LogP contribution in [0.25, 0.3) is 6.08 Å². The summed E-state index contributed by atoms with van der Waals surface area (Å²) < 4.78 is 0. The van der Waals surface area contributed by atoms with E-state index in [2.05, 4.69) is 27.7 Å². The Morgan fingerprint density at radius 2 is 2.56 bits per heavy atom. The third-order valence-corrected chi connectivity index (χ3v) is 2.51. The molecule has 2 rings (SSSR count). The van der Waals surface area contributed by atoms with Crippen LogP contribution in [0, 0.1) is 0 Å². The van der Waals surface area contributed by atoms with Gasteiger partial charge in [-0.05, 0) is 24.0 Å². The number of amides is 2. The van der Waals surface area contributed by atoms with Crippen molar-refractivity contribution in [2.45, 2.75) is 19.3 Å². The maximum Gasteiger partial charge on any atom is 0.332 e. The number of fused-ring (bicyclic) bond motifs is 1. The zero-order valence-electron chi connectivity index (χ0n) is 8.86. The first-order valence-corrected chi connectivity index (χ1v) is 5.20. The minimum absolute atomic E-state index is 0.646. The predicted molar refractivity (Wildman–Crippen MR) is 63.1 cm³/mol. The first kappa shape index (κ1) is 10.5. The number of hydrogen-bond acceptors (Lipinski definition) is 2. The number of aryl methyl sites for hydroxylation is 1. The van der Waals surface area contributed by atoms with Gasteiger partial charge in [-0.1, -0.05) is 12.2 Å². The number of rotatable bonds is 3. The fourth-order valence-electron chi connectivity index (χ4n) is 1.79. The highest BCUT2D eigenvalue weighted by atomic mass is 16.2. The molecule has 0 unspecified atom stereocenters. The van der Waals surface area contributed by atoms with Crippen LogP contribution in [0.4, 0.5) is 4.79 Å². The Morgan fingerprint density at radius 3 is 3.38 bits per heavy atom. The van der Waals surface area contributed by atoms with Gasteiger partial charge in [0.15, 0.2) is 0 Å². The zero-order valence-corrected chi connectivity index (χ0v) is 8.86. The van der Waals surface area contributed by atoms with E-state index in [1.54, 1.807) is 6.21 Å². The van der Waals surface area contributed by atoms with Crippen LogP contribution in [-0.2, 0) is 12.8 Å². The summed E-state index contributed by atoms with van der Waals surface area (Å²) in [6.07, 6.45) is 10.7. The topological polar surface area (TPSA) is 83.3 Å². The number of nitrogens with one attached hydrogen (secondary N) is 2. The highest BCUT2D eigenvalue weighted by Gasteiger charge is 2.09. The normalized spacial score (nSPS) is 14.0. The summed E-state index contributed by atoms with van der Waals surface area (Å²) in [6, 6.07) is -0.646. The second-order valence-corrected chi connectivity index (χ2v) is 3.64. The first-order valence-electron chi connectivity index (χ1n) is 5.20. The Balaban J connectivity index is 2.01. The van der Waals surface area contributed by atoms with Gasteiger partial charge in [-0.2, -0.15) is 5.10 Å². The maximum atomic E-state index is 10.4. The molecule has 1 aliphatic rings. The molecule has 2 amide bonds. The number of allylic oxidation sites excluding steroid dienone is 1. The van der Waals surface area contributed by atoms with Crippen LogP contribution in [0.5, 0.6) is 0 Å². The molecule has 1 aromatic heterocycles. The van der Waals surface area contributed by atoms with Crippen LogP contribution < -0.4 is 11.2 Å². The highest BCUT2D eigenvalue weighted by molar-refractivity contribution is 5.73. The highest BCUT2D eigenvalue weighted by Crippen LogP contribution is 2.21. The first-order chi connectivity index (χ1) is 7.77. The minimum atomic E-state index is -0.646. The van der Waals surface area contributed by atoms with E-state index in [4.69, 9.17) is 5.73 Å².